The number of likely N-dealkylation sites (N-methyl/N-ethyl adjacent to an activating group) is 1. The molecule has 2 aromatic rings. The first-order valence-corrected chi connectivity index (χ1v) is 6.29. The van der Waals surface area contributed by atoms with E-state index in [-0.39, 0.29) is 0 Å². The Hall–Kier alpha value is -1.64. The number of fused-ring (bicyclic) bond motifs is 3. The van der Waals surface area contributed by atoms with E-state index in [0.29, 0.717) is 6.54 Å². The van der Waals surface area contributed by atoms with Crippen molar-refractivity contribution in [2.24, 2.45) is 0 Å². The number of hydrogen-bond acceptors (Lipinski definition) is 2. The lowest BCUT2D eigenvalue weighted by Gasteiger charge is -2.27. The maximum absolute atomic E-state index is 10.3. The van der Waals surface area contributed by atoms with E-state index in [0.717, 1.165) is 17.7 Å². The van der Waals surface area contributed by atoms with Crippen molar-refractivity contribution in [3.63, 3.8) is 0 Å². The first kappa shape index (κ1) is 11.5. The van der Waals surface area contributed by atoms with Crippen LogP contribution in [0.25, 0.3) is 11.1 Å². The maximum Gasteiger partial charge on any atom is 0.0922 e. The summed E-state index contributed by atoms with van der Waals surface area (Å²) in [6.07, 6.45) is -0.417. The Bertz CT molecular complexity index is 565. The first-order chi connectivity index (χ1) is 8.75. The molecule has 0 bridgehead atoms. The monoisotopic (exact) mass is 239 g/mol. The van der Waals surface area contributed by atoms with Crippen LogP contribution in [0.3, 0.4) is 0 Å². The van der Waals surface area contributed by atoms with Crippen LogP contribution < -0.4 is 0 Å². The molecule has 1 heterocycles. The molecule has 0 saturated carbocycles. The zero-order valence-corrected chi connectivity index (χ0v) is 10.5. The molecule has 0 spiro atoms. The molecule has 18 heavy (non-hydrogen) atoms. The fourth-order valence-electron chi connectivity index (χ4n) is 2.70. The minimum absolute atomic E-state index is 0.417. The molecular formula is C16H17NO. The van der Waals surface area contributed by atoms with Crippen molar-refractivity contribution in [3.8, 4) is 11.1 Å². The van der Waals surface area contributed by atoms with Gasteiger partial charge in [-0.2, -0.15) is 0 Å². The van der Waals surface area contributed by atoms with E-state index in [9.17, 15) is 5.11 Å². The summed E-state index contributed by atoms with van der Waals surface area (Å²) in [5, 5.41) is 10.3. The van der Waals surface area contributed by atoms with Gasteiger partial charge in [0.15, 0.2) is 0 Å². The summed E-state index contributed by atoms with van der Waals surface area (Å²) >= 11 is 0. The summed E-state index contributed by atoms with van der Waals surface area (Å²) in [6.45, 7) is 1.55. The van der Waals surface area contributed by atoms with Crippen molar-refractivity contribution in [1.29, 1.82) is 0 Å². The van der Waals surface area contributed by atoms with Crippen LogP contribution in [0.1, 0.15) is 17.2 Å². The predicted octanol–water partition coefficient (Wildman–Crippen LogP) is 2.83. The van der Waals surface area contributed by atoms with E-state index in [1.807, 2.05) is 25.2 Å². The fraction of sp³-hybridized carbons (Fsp3) is 0.250. The highest BCUT2D eigenvalue weighted by atomic mass is 16.3. The van der Waals surface area contributed by atoms with Crippen molar-refractivity contribution in [2.45, 2.75) is 12.6 Å². The Balaban J connectivity index is 2.24. The molecule has 3 rings (SSSR count). The molecule has 0 unspecified atom stereocenters. The van der Waals surface area contributed by atoms with Gasteiger partial charge in [0.2, 0.25) is 0 Å². The Morgan fingerprint density at radius 1 is 1.00 bits per heavy atom. The average Bonchev–Trinajstić information content (AvgIpc) is 2.38. The summed E-state index contributed by atoms with van der Waals surface area (Å²) in [4.78, 5) is 2.17. The Kier molecular flexibility index (Phi) is 2.90. The second kappa shape index (κ2) is 4.56. The Morgan fingerprint density at radius 3 is 2.50 bits per heavy atom. The van der Waals surface area contributed by atoms with Crippen molar-refractivity contribution < 1.29 is 5.11 Å². The molecule has 0 aromatic heterocycles. The van der Waals surface area contributed by atoms with Crippen LogP contribution in [0.15, 0.2) is 48.5 Å². The molecule has 0 fully saturated rings. The number of β-amino-alcohol motifs (C(OH)–C–C–N with tert-alkyl or cyclic N) is 1. The number of hydrogen-bond donors (Lipinski definition) is 1. The summed E-state index contributed by atoms with van der Waals surface area (Å²) < 4.78 is 0. The molecule has 2 aromatic carbocycles. The minimum Gasteiger partial charge on any atom is -0.387 e. The van der Waals surface area contributed by atoms with Crippen LogP contribution in [0.5, 0.6) is 0 Å². The third kappa shape index (κ3) is 1.94. The number of rotatable bonds is 0. The Morgan fingerprint density at radius 2 is 1.67 bits per heavy atom. The fourth-order valence-corrected chi connectivity index (χ4v) is 2.70. The summed E-state index contributed by atoms with van der Waals surface area (Å²) in [5.41, 5.74) is 4.74. The van der Waals surface area contributed by atoms with Gasteiger partial charge in [0.05, 0.1) is 6.10 Å². The lowest BCUT2D eigenvalue weighted by atomic mass is 9.91. The van der Waals surface area contributed by atoms with Crippen molar-refractivity contribution in [2.75, 3.05) is 13.6 Å². The van der Waals surface area contributed by atoms with Crippen LogP contribution in [-0.4, -0.2) is 23.6 Å². The van der Waals surface area contributed by atoms with Gasteiger partial charge in [-0.3, -0.25) is 4.90 Å². The molecule has 0 saturated heterocycles. The topological polar surface area (TPSA) is 23.5 Å². The number of aliphatic hydroxyl groups excluding tert-OH is 1. The summed E-state index contributed by atoms with van der Waals surface area (Å²) in [6, 6.07) is 16.6. The standard InChI is InChI=1S/C16H17NO/c1-17-10-12-6-2-3-7-13(12)14-8-4-5-9-15(14)16(18)11-17/h2-9,16,18H,10-11H2,1H3/t16-/m0/s1. The largest absolute Gasteiger partial charge is 0.387 e. The highest BCUT2D eigenvalue weighted by Crippen LogP contribution is 2.33. The zero-order chi connectivity index (χ0) is 12.5. The molecule has 1 aliphatic heterocycles. The molecule has 0 radical (unpaired) electrons. The van der Waals surface area contributed by atoms with Gasteiger partial charge >= 0.3 is 0 Å². The van der Waals surface area contributed by atoms with Crippen molar-refractivity contribution >= 4 is 0 Å². The van der Waals surface area contributed by atoms with Crippen LogP contribution in [-0.2, 0) is 6.54 Å². The molecule has 0 amide bonds. The van der Waals surface area contributed by atoms with Crippen molar-refractivity contribution in [1.82, 2.24) is 4.90 Å². The quantitative estimate of drug-likeness (QED) is 0.764. The lowest BCUT2D eigenvalue weighted by Crippen LogP contribution is -2.26. The lowest BCUT2D eigenvalue weighted by molar-refractivity contribution is 0.123. The average molecular weight is 239 g/mol. The molecule has 1 N–H and O–H groups in total. The molecule has 2 nitrogen and oxygen atoms in total. The van der Waals surface area contributed by atoms with Gasteiger partial charge in [-0.15, -0.1) is 0 Å². The normalized spacial score (nSPS) is 19.6. The van der Waals surface area contributed by atoms with Gasteiger partial charge < -0.3 is 5.11 Å². The smallest absolute Gasteiger partial charge is 0.0922 e. The van der Waals surface area contributed by atoms with E-state index in [2.05, 4.69) is 35.2 Å². The van der Waals surface area contributed by atoms with Crippen LogP contribution >= 0.6 is 0 Å². The van der Waals surface area contributed by atoms with Crippen molar-refractivity contribution in [3.05, 3.63) is 59.7 Å². The first-order valence-electron chi connectivity index (χ1n) is 6.29. The molecule has 1 aliphatic rings. The highest BCUT2D eigenvalue weighted by Gasteiger charge is 2.20. The molecule has 92 valence electrons. The van der Waals surface area contributed by atoms with Gasteiger partial charge in [-0.05, 0) is 29.3 Å². The number of nitrogens with zero attached hydrogens (tertiary/aromatic N) is 1. The SMILES string of the molecule is CN1Cc2ccccc2-c2ccccc2[C@@H](O)C1. The Labute approximate surface area is 107 Å². The van der Waals surface area contributed by atoms with Crippen LogP contribution in [0, 0.1) is 0 Å². The molecule has 1 atom stereocenters. The highest BCUT2D eigenvalue weighted by molar-refractivity contribution is 5.71. The molecule has 0 aliphatic carbocycles. The zero-order valence-electron chi connectivity index (χ0n) is 10.5. The molecular weight excluding hydrogens is 222 g/mol. The van der Waals surface area contributed by atoms with Gasteiger partial charge in [0.1, 0.15) is 0 Å². The van der Waals surface area contributed by atoms with Crippen LogP contribution in [0.2, 0.25) is 0 Å². The third-order valence-corrected chi connectivity index (χ3v) is 3.55. The summed E-state index contributed by atoms with van der Waals surface area (Å²) in [5.74, 6) is 0. The number of benzene rings is 2. The number of aliphatic hydroxyl groups is 1. The van der Waals surface area contributed by atoms with Gasteiger partial charge in [-0.25, -0.2) is 0 Å². The van der Waals surface area contributed by atoms with Crippen LogP contribution in [0.4, 0.5) is 0 Å². The third-order valence-electron chi connectivity index (χ3n) is 3.55. The van der Waals surface area contributed by atoms with E-state index in [4.69, 9.17) is 0 Å². The van der Waals surface area contributed by atoms with Gasteiger partial charge in [-0.1, -0.05) is 48.5 Å². The van der Waals surface area contributed by atoms with E-state index >= 15 is 0 Å². The van der Waals surface area contributed by atoms with E-state index < -0.39 is 6.10 Å². The minimum atomic E-state index is -0.417. The van der Waals surface area contributed by atoms with E-state index in [1.165, 1.54) is 11.1 Å². The summed E-state index contributed by atoms with van der Waals surface area (Å²) in [7, 11) is 2.05. The van der Waals surface area contributed by atoms with E-state index in [1.54, 1.807) is 0 Å². The predicted molar refractivity (Wildman–Crippen MR) is 73.2 cm³/mol. The molecule has 2 heteroatoms. The van der Waals surface area contributed by atoms with Gasteiger partial charge in [0.25, 0.3) is 0 Å². The second-order valence-corrected chi connectivity index (χ2v) is 4.96. The van der Waals surface area contributed by atoms with Gasteiger partial charge in [0, 0.05) is 13.1 Å². The maximum atomic E-state index is 10.3. The second-order valence-electron chi connectivity index (χ2n) is 4.96.